The Morgan fingerprint density at radius 3 is 2.83 bits per heavy atom. The molecule has 4 heterocycles. The standard InChI is InChI=1S/C20H21FN8/c1-28-17-8-13(21)2-3-15(17)27-20(28)18-19(22)24-10-16(26-18)12-9-25-29(11-12)14-4-6-23-7-5-14/h2-3,8-11,14,23H,4-7H2,1H3,(H2,22,24). The summed E-state index contributed by atoms with van der Waals surface area (Å²) in [4.78, 5) is 13.6. The largest absolute Gasteiger partial charge is 0.382 e. The van der Waals surface area contributed by atoms with Gasteiger partial charge >= 0.3 is 0 Å². The number of imidazole rings is 1. The molecule has 0 bridgehead atoms. The molecule has 1 aromatic carbocycles. The summed E-state index contributed by atoms with van der Waals surface area (Å²) in [5, 5.41) is 7.89. The number of aryl methyl sites for hydroxylation is 1. The first kappa shape index (κ1) is 17.7. The molecule has 1 saturated heterocycles. The van der Waals surface area contributed by atoms with Crippen LogP contribution in [0.1, 0.15) is 18.9 Å². The number of hydrogen-bond donors (Lipinski definition) is 2. The third-order valence-corrected chi connectivity index (χ3v) is 5.44. The van der Waals surface area contributed by atoms with Gasteiger partial charge in [0.25, 0.3) is 0 Å². The van der Waals surface area contributed by atoms with Gasteiger partial charge in [-0.3, -0.25) is 4.68 Å². The number of benzene rings is 1. The summed E-state index contributed by atoms with van der Waals surface area (Å²) in [5.74, 6) is 0.506. The van der Waals surface area contributed by atoms with E-state index in [1.807, 2.05) is 17.9 Å². The maximum atomic E-state index is 13.6. The maximum Gasteiger partial charge on any atom is 0.163 e. The molecule has 0 amide bonds. The van der Waals surface area contributed by atoms with E-state index in [0.717, 1.165) is 31.5 Å². The average molecular weight is 392 g/mol. The highest BCUT2D eigenvalue weighted by Crippen LogP contribution is 2.29. The summed E-state index contributed by atoms with van der Waals surface area (Å²) >= 11 is 0. The quantitative estimate of drug-likeness (QED) is 0.556. The second-order valence-electron chi connectivity index (χ2n) is 7.31. The number of rotatable bonds is 3. The number of nitrogens with zero attached hydrogens (tertiary/aromatic N) is 6. The molecule has 0 aliphatic carbocycles. The van der Waals surface area contributed by atoms with Crippen LogP contribution in [0.4, 0.5) is 10.2 Å². The van der Waals surface area contributed by atoms with Gasteiger partial charge in [0.15, 0.2) is 11.6 Å². The summed E-state index contributed by atoms with van der Waals surface area (Å²) in [6.07, 6.45) is 7.55. The van der Waals surface area contributed by atoms with E-state index in [1.54, 1.807) is 23.0 Å². The summed E-state index contributed by atoms with van der Waals surface area (Å²) in [6, 6.07) is 4.87. The molecule has 0 radical (unpaired) electrons. The van der Waals surface area contributed by atoms with Gasteiger partial charge in [-0.1, -0.05) is 0 Å². The van der Waals surface area contributed by atoms with Crippen molar-refractivity contribution in [2.45, 2.75) is 18.9 Å². The first-order valence-corrected chi connectivity index (χ1v) is 9.60. The van der Waals surface area contributed by atoms with Crippen LogP contribution in [0, 0.1) is 5.82 Å². The van der Waals surface area contributed by atoms with Gasteiger partial charge in [0.2, 0.25) is 0 Å². The smallest absolute Gasteiger partial charge is 0.163 e. The van der Waals surface area contributed by atoms with Crippen LogP contribution in [-0.4, -0.2) is 42.4 Å². The van der Waals surface area contributed by atoms with Crippen molar-refractivity contribution >= 4 is 16.9 Å². The first-order valence-electron chi connectivity index (χ1n) is 9.60. The lowest BCUT2D eigenvalue weighted by atomic mass is 10.1. The predicted octanol–water partition coefficient (Wildman–Crippen LogP) is 2.54. The van der Waals surface area contributed by atoms with Crippen molar-refractivity contribution in [2.75, 3.05) is 18.8 Å². The average Bonchev–Trinajstić information content (AvgIpc) is 3.35. The minimum Gasteiger partial charge on any atom is -0.382 e. The molecule has 3 aromatic heterocycles. The number of nitrogens with two attached hydrogens (primary N) is 1. The molecule has 4 aromatic rings. The molecule has 1 fully saturated rings. The Labute approximate surface area is 166 Å². The van der Waals surface area contributed by atoms with Crippen LogP contribution in [0.2, 0.25) is 0 Å². The fraction of sp³-hybridized carbons (Fsp3) is 0.300. The number of piperidine rings is 1. The fourth-order valence-electron chi connectivity index (χ4n) is 3.82. The van der Waals surface area contributed by atoms with Crippen molar-refractivity contribution in [3.63, 3.8) is 0 Å². The van der Waals surface area contributed by atoms with E-state index in [-0.39, 0.29) is 11.6 Å². The van der Waals surface area contributed by atoms with Crippen molar-refractivity contribution in [3.8, 4) is 22.8 Å². The van der Waals surface area contributed by atoms with Gasteiger partial charge in [-0.15, -0.1) is 0 Å². The molecular weight excluding hydrogens is 371 g/mol. The van der Waals surface area contributed by atoms with Crippen LogP contribution in [-0.2, 0) is 7.05 Å². The number of aromatic nitrogens is 6. The molecule has 0 atom stereocenters. The minimum atomic E-state index is -0.315. The molecule has 0 unspecified atom stereocenters. The zero-order chi connectivity index (χ0) is 20.0. The highest BCUT2D eigenvalue weighted by Gasteiger charge is 2.19. The van der Waals surface area contributed by atoms with E-state index in [2.05, 4.69) is 20.4 Å². The molecule has 1 aliphatic heterocycles. The molecular formula is C20H21FN8. The Morgan fingerprint density at radius 2 is 2.00 bits per heavy atom. The van der Waals surface area contributed by atoms with Crippen molar-refractivity contribution in [1.29, 1.82) is 0 Å². The van der Waals surface area contributed by atoms with Crippen molar-refractivity contribution in [2.24, 2.45) is 7.05 Å². The third kappa shape index (κ3) is 3.13. The Morgan fingerprint density at radius 1 is 1.17 bits per heavy atom. The number of anilines is 1. The highest BCUT2D eigenvalue weighted by atomic mass is 19.1. The first-order chi connectivity index (χ1) is 14.1. The molecule has 8 nitrogen and oxygen atoms in total. The minimum absolute atomic E-state index is 0.276. The summed E-state index contributed by atoms with van der Waals surface area (Å²) in [7, 11) is 1.81. The van der Waals surface area contributed by atoms with Gasteiger partial charge in [0.05, 0.1) is 35.2 Å². The second-order valence-corrected chi connectivity index (χ2v) is 7.31. The Bertz CT molecular complexity index is 1190. The topological polar surface area (TPSA) is 99.5 Å². The van der Waals surface area contributed by atoms with Gasteiger partial charge in [0, 0.05) is 18.8 Å². The zero-order valence-electron chi connectivity index (χ0n) is 16.0. The zero-order valence-corrected chi connectivity index (χ0v) is 16.0. The lowest BCUT2D eigenvalue weighted by Crippen LogP contribution is -2.29. The molecule has 0 saturated carbocycles. The SMILES string of the molecule is Cn1c(-c2nc(-c3cnn(C4CCNCC4)c3)cnc2N)nc2ccc(F)cc21. The van der Waals surface area contributed by atoms with Crippen molar-refractivity contribution < 1.29 is 4.39 Å². The van der Waals surface area contributed by atoms with E-state index in [0.29, 0.717) is 34.3 Å². The van der Waals surface area contributed by atoms with Crippen molar-refractivity contribution in [1.82, 2.24) is 34.6 Å². The van der Waals surface area contributed by atoms with Gasteiger partial charge < -0.3 is 15.6 Å². The van der Waals surface area contributed by atoms with Crippen LogP contribution < -0.4 is 11.1 Å². The van der Waals surface area contributed by atoms with Crippen LogP contribution in [0.15, 0.2) is 36.8 Å². The van der Waals surface area contributed by atoms with Crippen LogP contribution in [0.3, 0.4) is 0 Å². The normalized spacial score (nSPS) is 15.2. The lowest BCUT2D eigenvalue weighted by molar-refractivity contribution is 0.343. The number of hydrogen-bond acceptors (Lipinski definition) is 6. The number of halogens is 1. The molecule has 29 heavy (non-hydrogen) atoms. The van der Waals surface area contributed by atoms with E-state index in [1.165, 1.54) is 12.1 Å². The molecule has 1 aliphatic rings. The third-order valence-electron chi connectivity index (χ3n) is 5.44. The lowest BCUT2D eigenvalue weighted by Gasteiger charge is -2.22. The van der Waals surface area contributed by atoms with Crippen LogP contribution >= 0.6 is 0 Å². The van der Waals surface area contributed by atoms with Gasteiger partial charge in [-0.05, 0) is 44.1 Å². The van der Waals surface area contributed by atoms with Gasteiger partial charge in [-0.2, -0.15) is 5.10 Å². The molecule has 148 valence electrons. The second kappa shape index (κ2) is 6.93. The van der Waals surface area contributed by atoms with Gasteiger partial charge in [-0.25, -0.2) is 19.3 Å². The van der Waals surface area contributed by atoms with Crippen LogP contribution in [0.25, 0.3) is 33.8 Å². The van der Waals surface area contributed by atoms with E-state index in [4.69, 9.17) is 10.7 Å². The summed E-state index contributed by atoms with van der Waals surface area (Å²) < 4.78 is 17.4. The fourth-order valence-corrected chi connectivity index (χ4v) is 3.82. The number of nitrogen functional groups attached to an aromatic ring is 1. The monoisotopic (exact) mass is 392 g/mol. The molecule has 3 N–H and O–H groups in total. The van der Waals surface area contributed by atoms with Gasteiger partial charge in [0.1, 0.15) is 11.5 Å². The van der Waals surface area contributed by atoms with Crippen LogP contribution in [0.5, 0.6) is 0 Å². The Hall–Kier alpha value is -3.33. The highest BCUT2D eigenvalue weighted by molar-refractivity contribution is 5.82. The summed E-state index contributed by atoms with van der Waals surface area (Å²) in [5.41, 5.74) is 9.48. The van der Waals surface area contributed by atoms with E-state index in [9.17, 15) is 4.39 Å². The molecule has 5 rings (SSSR count). The van der Waals surface area contributed by atoms with E-state index >= 15 is 0 Å². The van der Waals surface area contributed by atoms with Crippen molar-refractivity contribution in [3.05, 3.63) is 42.6 Å². The summed E-state index contributed by atoms with van der Waals surface area (Å²) in [6.45, 7) is 2.00. The Kier molecular flexibility index (Phi) is 4.24. The number of fused-ring (bicyclic) bond motifs is 1. The maximum absolute atomic E-state index is 13.6. The predicted molar refractivity (Wildman–Crippen MR) is 108 cm³/mol. The molecule has 9 heteroatoms. The van der Waals surface area contributed by atoms with E-state index < -0.39 is 0 Å². The molecule has 0 spiro atoms. The Balaban J connectivity index is 1.54. The number of nitrogens with one attached hydrogen (secondary N) is 1.